The highest BCUT2D eigenvalue weighted by Gasteiger charge is 2.46. The molecule has 0 saturated heterocycles. The Hall–Kier alpha value is -2.56. The monoisotopic (exact) mass is 294 g/mol. The van der Waals surface area contributed by atoms with Crippen LogP contribution in [-0.4, -0.2) is 15.0 Å². The number of aryl methyl sites for hydroxylation is 1. The van der Waals surface area contributed by atoms with Crippen LogP contribution >= 0.6 is 0 Å². The first-order valence-electron chi connectivity index (χ1n) is 7.30. The third-order valence-corrected chi connectivity index (χ3v) is 4.12. The van der Waals surface area contributed by atoms with Crippen molar-refractivity contribution < 1.29 is 4.39 Å². The van der Waals surface area contributed by atoms with Gasteiger partial charge in [-0.1, -0.05) is 6.07 Å². The summed E-state index contributed by atoms with van der Waals surface area (Å²) < 4.78 is 14.6. The summed E-state index contributed by atoms with van der Waals surface area (Å²) in [6.07, 6.45) is 5.28. The SMILES string of the molecule is Cc1nc2cccnc2c(NC2(c3ccccn3)CC2)c1F. The maximum atomic E-state index is 14.6. The van der Waals surface area contributed by atoms with Crippen molar-refractivity contribution in [1.82, 2.24) is 15.0 Å². The van der Waals surface area contributed by atoms with Gasteiger partial charge in [-0.3, -0.25) is 9.97 Å². The predicted octanol–water partition coefficient (Wildman–Crippen LogP) is 3.57. The lowest BCUT2D eigenvalue weighted by atomic mass is 10.1. The van der Waals surface area contributed by atoms with E-state index in [-0.39, 0.29) is 11.4 Å². The zero-order chi connectivity index (χ0) is 15.2. The largest absolute Gasteiger partial charge is 0.370 e. The number of fused-ring (bicyclic) bond motifs is 1. The summed E-state index contributed by atoms with van der Waals surface area (Å²) in [6, 6.07) is 9.46. The molecule has 0 radical (unpaired) electrons. The summed E-state index contributed by atoms with van der Waals surface area (Å²) in [6.45, 7) is 1.67. The minimum atomic E-state index is -0.339. The second kappa shape index (κ2) is 4.73. The first-order chi connectivity index (χ1) is 10.7. The number of pyridine rings is 3. The Bertz CT molecular complexity index is 844. The van der Waals surface area contributed by atoms with Crippen LogP contribution in [-0.2, 0) is 5.54 Å². The van der Waals surface area contributed by atoms with Crippen LogP contribution in [0.4, 0.5) is 10.1 Å². The molecule has 1 N–H and O–H groups in total. The topological polar surface area (TPSA) is 50.7 Å². The van der Waals surface area contributed by atoms with E-state index in [1.165, 1.54) is 0 Å². The highest BCUT2D eigenvalue weighted by molar-refractivity contribution is 5.88. The number of nitrogens with zero attached hydrogens (tertiary/aromatic N) is 3. The number of anilines is 1. The predicted molar refractivity (Wildman–Crippen MR) is 83.0 cm³/mol. The van der Waals surface area contributed by atoms with Gasteiger partial charge < -0.3 is 5.32 Å². The van der Waals surface area contributed by atoms with Gasteiger partial charge in [0, 0.05) is 12.4 Å². The van der Waals surface area contributed by atoms with Crippen LogP contribution in [0, 0.1) is 12.7 Å². The molecule has 0 aliphatic heterocycles. The zero-order valence-electron chi connectivity index (χ0n) is 12.2. The van der Waals surface area contributed by atoms with Gasteiger partial charge >= 0.3 is 0 Å². The van der Waals surface area contributed by atoms with Crippen LogP contribution in [0.3, 0.4) is 0 Å². The molecule has 0 bridgehead atoms. The van der Waals surface area contributed by atoms with E-state index in [1.54, 1.807) is 19.3 Å². The highest BCUT2D eigenvalue weighted by Crippen LogP contribution is 2.48. The normalized spacial score (nSPS) is 15.7. The number of aromatic nitrogens is 3. The standard InChI is InChI=1S/C17H15FN4/c1-11-14(18)16(15-12(21-11)5-4-10-20-15)22-17(7-8-17)13-6-2-3-9-19-13/h2-6,9-10H,7-8H2,1H3,(H,21,22). The summed E-state index contributed by atoms with van der Waals surface area (Å²) >= 11 is 0. The summed E-state index contributed by atoms with van der Waals surface area (Å²) in [5.41, 5.74) is 2.70. The van der Waals surface area contributed by atoms with E-state index in [4.69, 9.17) is 0 Å². The van der Waals surface area contributed by atoms with Crippen molar-refractivity contribution >= 4 is 16.7 Å². The molecular formula is C17H15FN4. The molecule has 1 fully saturated rings. The van der Waals surface area contributed by atoms with E-state index < -0.39 is 0 Å². The molecule has 0 spiro atoms. The molecule has 5 heteroatoms. The van der Waals surface area contributed by atoms with E-state index >= 15 is 0 Å². The van der Waals surface area contributed by atoms with Crippen LogP contribution in [0.25, 0.3) is 11.0 Å². The Kier molecular flexibility index (Phi) is 2.82. The maximum absolute atomic E-state index is 14.6. The molecule has 1 saturated carbocycles. The quantitative estimate of drug-likeness (QED) is 0.802. The van der Waals surface area contributed by atoms with Gasteiger partial charge in [0.25, 0.3) is 0 Å². The average molecular weight is 294 g/mol. The molecule has 1 aliphatic rings. The Balaban J connectivity index is 1.84. The number of nitrogens with one attached hydrogen (secondary N) is 1. The van der Waals surface area contributed by atoms with E-state index in [1.807, 2.05) is 30.3 Å². The molecule has 4 nitrogen and oxygen atoms in total. The number of hydrogen-bond acceptors (Lipinski definition) is 4. The Labute approximate surface area is 127 Å². The minimum absolute atomic E-state index is 0.291. The lowest BCUT2D eigenvalue weighted by Gasteiger charge is -2.20. The Morgan fingerprint density at radius 3 is 2.64 bits per heavy atom. The third-order valence-electron chi connectivity index (χ3n) is 4.12. The molecule has 3 heterocycles. The zero-order valence-corrected chi connectivity index (χ0v) is 12.2. The van der Waals surface area contributed by atoms with Crippen molar-refractivity contribution in [2.75, 3.05) is 5.32 Å². The Morgan fingerprint density at radius 1 is 1.09 bits per heavy atom. The molecule has 4 rings (SSSR count). The molecule has 0 unspecified atom stereocenters. The lowest BCUT2D eigenvalue weighted by Crippen LogP contribution is -2.21. The van der Waals surface area contributed by atoms with Gasteiger partial charge in [0.2, 0.25) is 0 Å². The lowest BCUT2D eigenvalue weighted by molar-refractivity contribution is 0.609. The summed E-state index contributed by atoms with van der Waals surface area (Å²) in [7, 11) is 0. The minimum Gasteiger partial charge on any atom is -0.370 e. The van der Waals surface area contributed by atoms with Gasteiger partial charge in [-0.25, -0.2) is 9.37 Å². The van der Waals surface area contributed by atoms with E-state index in [0.717, 1.165) is 18.5 Å². The molecule has 3 aromatic rings. The number of halogens is 1. The van der Waals surface area contributed by atoms with Crippen molar-refractivity contribution in [2.45, 2.75) is 25.3 Å². The van der Waals surface area contributed by atoms with Crippen LogP contribution in [0.15, 0.2) is 42.7 Å². The number of hydrogen-bond donors (Lipinski definition) is 1. The van der Waals surface area contributed by atoms with Crippen LogP contribution in [0.1, 0.15) is 24.2 Å². The van der Waals surface area contributed by atoms with Crippen molar-refractivity contribution in [2.24, 2.45) is 0 Å². The second-order valence-electron chi connectivity index (χ2n) is 5.68. The van der Waals surface area contributed by atoms with Gasteiger partial charge in [0.05, 0.1) is 22.4 Å². The van der Waals surface area contributed by atoms with Gasteiger partial charge in [-0.2, -0.15) is 0 Å². The van der Waals surface area contributed by atoms with Gasteiger partial charge in [-0.15, -0.1) is 0 Å². The molecule has 110 valence electrons. The summed E-state index contributed by atoms with van der Waals surface area (Å²) in [5, 5.41) is 3.36. The molecule has 22 heavy (non-hydrogen) atoms. The number of rotatable bonds is 3. The van der Waals surface area contributed by atoms with Crippen LogP contribution in [0.5, 0.6) is 0 Å². The van der Waals surface area contributed by atoms with Crippen molar-refractivity contribution in [1.29, 1.82) is 0 Å². The van der Waals surface area contributed by atoms with Crippen LogP contribution < -0.4 is 5.32 Å². The molecule has 3 aromatic heterocycles. The van der Waals surface area contributed by atoms with Crippen LogP contribution in [0.2, 0.25) is 0 Å². The van der Waals surface area contributed by atoms with E-state index in [2.05, 4.69) is 20.3 Å². The molecule has 0 atom stereocenters. The highest BCUT2D eigenvalue weighted by atomic mass is 19.1. The van der Waals surface area contributed by atoms with Crippen molar-refractivity contribution in [3.63, 3.8) is 0 Å². The van der Waals surface area contributed by atoms with E-state index in [0.29, 0.717) is 22.4 Å². The van der Waals surface area contributed by atoms with E-state index in [9.17, 15) is 4.39 Å². The molecule has 0 amide bonds. The van der Waals surface area contributed by atoms with Crippen molar-refractivity contribution in [3.05, 3.63) is 59.9 Å². The van der Waals surface area contributed by atoms with Gasteiger partial charge in [-0.05, 0) is 44.0 Å². The fraction of sp³-hybridized carbons (Fsp3) is 0.235. The third kappa shape index (κ3) is 2.01. The smallest absolute Gasteiger partial charge is 0.169 e. The first kappa shape index (κ1) is 13.1. The average Bonchev–Trinajstić information content (AvgIpc) is 3.34. The van der Waals surface area contributed by atoms with Gasteiger partial charge in [0.15, 0.2) is 5.82 Å². The molecule has 1 aliphatic carbocycles. The maximum Gasteiger partial charge on any atom is 0.169 e. The van der Waals surface area contributed by atoms with Crippen molar-refractivity contribution in [3.8, 4) is 0 Å². The fourth-order valence-electron chi connectivity index (χ4n) is 2.76. The molecule has 0 aromatic carbocycles. The summed E-state index contributed by atoms with van der Waals surface area (Å²) in [4.78, 5) is 13.0. The first-order valence-corrected chi connectivity index (χ1v) is 7.30. The summed E-state index contributed by atoms with van der Waals surface area (Å²) in [5.74, 6) is -0.339. The second-order valence-corrected chi connectivity index (χ2v) is 5.68. The molecular weight excluding hydrogens is 279 g/mol. The van der Waals surface area contributed by atoms with Gasteiger partial charge in [0.1, 0.15) is 11.2 Å². The Morgan fingerprint density at radius 2 is 1.91 bits per heavy atom. The fourth-order valence-corrected chi connectivity index (χ4v) is 2.76.